The summed E-state index contributed by atoms with van der Waals surface area (Å²) in [7, 11) is 2.27. The number of Topliss-reactive ketones (excluding diaryl/α,β-unsaturated/α-hetero) is 1. The van der Waals surface area contributed by atoms with E-state index in [0.29, 0.717) is 70.4 Å². The number of amides is 2. The second-order valence-corrected chi connectivity index (χ2v) is 22.7. The van der Waals surface area contributed by atoms with Crippen LogP contribution in [0.4, 0.5) is 0 Å². The lowest BCUT2D eigenvalue weighted by Gasteiger charge is -2.56. The van der Waals surface area contributed by atoms with E-state index in [2.05, 4.69) is 83.4 Å². The quantitative estimate of drug-likeness (QED) is 0.188. The van der Waals surface area contributed by atoms with Crippen LogP contribution in [0, 0.1) is 41.4 Å². The summed E-state index contributed by atoms with van der Waals surface area (Å²) in [4.78, 5) is 50.8. The maximum atomic E-state index is 15.2. The number of allylic oxidation sites excluding steroid dienone is 1. The van der Waals surface area contributed by atoms with E-state index in [9.17, 15) is 14.7 Å². The Balaban J connectivity index is 1.02. The normalized spacial score (nSPS) is 35.1. The van der Waals surface area contributed by atoms with Crippen LogP contribution < -0.4 is 0 Å². The molecule has 12 atom stereocenters. The monoisotopic (exact) mass is 1020 g/mol. The fourth-order valence-electron chi connectivity index (χ4n) is 13.5. The number of halogens is 3. The Morgan fingerprint density at radius 2 is 1.34 bits per heavy atom. The van der Waals surface area contributed by atoms with Crippen molar-refractivity contribution >= 4 is 71.0 Å². The first-order valence-corrected chi connectivity index (χ1v) is 25.2. The number of hydrogen-bond acceptors (Lipinski definition) is 5. The third kappa shape index (κ3) is 8.56. The van der Waals surface area contributed by atoms with Gasteiger partial charge in [0.1, 0.15) is 0 Å². The lowest BCUT2D eigenvalue weighted by Crippen LogP contribution is -2.66. The maximum Gasteiger partial charge on any atom is 0.254 e. The zero-order chi connectivity index (χ0) is 42.7. The van der Waals surface area contributed by atoms with Gasteiger partial charge < -0.3 is 19.8 Å². The van der Waals surface area contributed by atoms with Gasteiger partial charge in [-0.05, 0) is 179 Å². The average Bonchev–Trinajstić information content (AvgIpc) is 3.35. The highest BCUT2D eigenvalue weighted by molar-refractivity contribution is 9.11. The van der Waals surface area contributed by atoms with Crippen molar-refractivity contribution < 1.29 is 19.5 Å². The number of ketones is 1. The third-order valence-corrected chi connectivity index (χ3v) is 17.8. The molecule has 324 valence electrons. The molecular formula is C51H60Br3N3O4. The number of rotatable bonds is 7. The largest absolute Gasteiger partial charge is 0.387 e. The van der Waals surface area contributed by atoms with Crippen molar-refractivity contribution in [1.82, 2.24) is 14.7 Å². The molecule has 0 unspecified atom stereocenters. The fraction of sp³-hybridized carbons (Fsp3) is 0.549. The molecule has 1 N–H and O–H groups in total. The number of nitrogens with zero attached hydrogens (tertiary/aromatic N) is 3. The number of likely N-dealkylation sites (tertiary alicyclic amines) is 3. The van der Waals surface area contributed by atoms with Crippen LogP contribution in [0.15, 0.2) is 92.3 Å². The summed E-state index contributed by atoms with van der Waals surface area (Å²) in [6.45, 7) is 6.28. The van der Waals surface area contributed by atoms with Gasteiger partial charge in [0, 0.05) is 73.3 Å². The summed E-state index contributed by atoms with van der Waals surface area (Å²) in [5.41, 5.74) is 1.42. The zero-order valence-electron chi connectivity index (χ0n) is 35.7. The number of fused-ring (bicyclic) bond motifs is 4. The molecule has 7 nitrogen and oxygen atoms in total. The molecule has 6 fully saturated rings. The predicted octanol–water partition coefficient (Wildman–Crippen LogP) is 11.1. The van der Waals surface area contributed by atoms with Crippen molar-refractivity contribution in [2.24, 2.45) is 41.4 Å². The van der Waals surface area contributed by atoms with Gasteiger partial charge in [-0.1, -0.05) is 73.8 Å². The van der Waals surface area contributed by atoms with Crippen LogP contribution in [-0.2, 0) is 4.79 Å². The molecule has 0 aromatic heterocycles. The molecular weight excluding hydrogens is 958 g/mol. The Labute approximate surface area is 387 Å². The Morgan fingerprint density at radius 1 is 0.738 bits per heavy atom. The van der Waals surface area contributed by atoms with Gasteiger partial charge in [0.2, 0.25) is 5.91 Å². The lowest BCUT2D eigenvalue weighted by molar-refractivity contribution is -0.141. The highest BCUT2D eigenvalue weighted by atomic mass is 79.9. The summed E-state index contributed by atoms with van der Waals surface area (Å²) < 4.78 is 2.74. The number of benzene rings is 3. The van der Waals surface area contributed by atoms with E-state index in [0.717, 1.165) is 77.8 Å². The standard InChI is InChI=1S/C51H60Br3N3O4/c1-30-22-36-26-47-51(61,37-27-43(36)45(23-30)55(3)29-37)19-18-41(57(47)50(60)34-10-16-40(54)17-11-34)25-35-21-31(2)24-46-42(35)5-4-20-56(46)48(58)28-44(32-6-12-38(52)13-7-32)49(59)33-8-14-39(53)15-9-33/h6-17,28,30-31,35-37,41-43,45-47,61H,4-5,18-27,29H2,1-3H3/b44-28-/t30-,31+,35-,36+,37+,41-,42-,43-,45+,46+,47+,51+/m1/s1. The summed E-state index contributed by atoms with van der Waals surface area (Å²) in [5, 5.41) is 13.1. The Bertz CT molecular complexity index is 2140. The van der Waals surface area contributed by atoms with Crippen molar-refractivity contribution in [3.05, 3.63) is 109 Å². The fourth-order valence-corrected chi connectivity index (χ4v) is 14.3. The second-order valence-electron chi connectivity index (χ2n) is 20.0. The van der Waals surface area contributed by atoms with Crippen LogP contribution in [0.25, 0.3) is 5.57 Å². The highest BCUT2D eigenvalue weighted by Crippen LogP contribution is 2.55. The summed E-state index contributed by atoms with van der Waals surface area (Å²) in [5.74, 6) is 2.63. The predicted molar refractivity (Wildman–Crippen MR) is 252 cm³/mol. The first kappa shape index (κ1) is 43.6. The van der Waals surface area contributed by atoms with Crippen LogP contribution in [0.5, 0.6) is 0 Å². The number of carbonyl (C=O) groups excluding carboxylic acids is 3. The van der Waals surface area contributed by atoms with Crippen molar-refractivity contribution in [3.8, 4) is 0 Å². The molecule has 9 rings (SSSR count). The number of piperidine rings is 3. The minimum Gasteiger partial charge on any atom is -0.387 e. The topological polar surface area (TPSA) is 81.2 Å². The Hall–Kier alpha value is -2.63. The molecule has 61 heavy (non-hydrogen) atoms. The summed E-state index contributed by atoms with van der Waals surface area (Å²) >= 11 is 10.6. The zero-order valence-corrected chi connectivity index (χ0v) is 40.5. The Kier molecular flexibility index (Phi) is 12.7. The van der Waals surface area contributed by atoms with Gasteiger partial charge in [0.25, 0.3) is 5.91 Å². The van der Waals surface area contributed by atoms with E-state index in [4.69, 9.17) is 0 Å². The van der Waals surface area contributed by atoms with Gasteiger partial charge in [-0.15, -0.1) is 0 Å². The van der Waals surface area contributed by atoms with Gasteiger partial charge in [-0.25, -0.2) is 0 Å². The number of carbonyl (C=O) groups is 3. The second kappa shape index (κ2) is 17.7. The molecule has 0 radical (unpaired) electrons. The molecule has 3 aromatic rings. The molecule has 3 saturated carbocycles. The van der Waals surface area contributed by atoms with Gasteiger partial charge in [-0.2, -0.15) is 0 Å². The lowest BCUT2D eigenvalue weighted by atomic mass is 9.64. The molecule has 3 heterocycles. The minimum absolute atomic E-state index is 0.00313. The third-order valence-electron chi connectivity index (χ3n) is 16.2. The van der Waals surface area contributed by atoms with E-state index < -0.39 is 5.60 Å². The van der Waals surface area contributed by atoms with Crippen LogP contribution in [-0.4, -0.2) is 87.3 Å². The molecule has 10 heteroatoms. The van der Waals surface area contributed by atoms with Crippen molar-refractivity contribution in [2.45, 2.75) is 114 Å². The minimum atomic E-state index is -0.926. The van der Waals surface area contributed by atoms with Crippen molar-refractivity contribution in [1.29, 1.82) is 0 Å². The first-order valence-electron chi connectivity index (χ1n) is 22.9. The number of hydrogen-bond donors (Lipinski definition) is 1. The average molecular weight is 1020 g/mol. The van der Waals surface area contributed by atoms with Gasteiger partial charge >= 0.3 is 0 Å². The smallest absolute Gasteiger partial charge is 0.254 e. The molecule has 2 amide bonds. The Morgan fingerprint density at radius 3 is 2.02 bits per heavy atom. The molecule has 3 aliphatic carbocycles. The van der Waals surface area contributed by atoms with E-state index in [1.807, 2.05) is 60.7 Å². The molecule has 3 saturated heterocycles. The first-order chi connectivity index (χ1) is 29.3. The van der Waals surface area contributed by atoms with Gasteiger partial charge in [0.15, 0.2) is 5.78 Å². The highest BCUT2D eigenvalue weighted by Gasteiger charge is 2.60. The maximum absolute atomic E-state index is 15.2. The van der Waals surface area contributed by atoms with Crippen LogP contribution in [0.2, 0.25) is 0 Å². The summed E-state index contributed by atoms with van der Waals surface area (Å²) in [6, 6.07) is 23.1. The molecule has 2 bridgehead atoms. The molecule has 0 spiro atoms. The molecule has 3 aliphatic heterocycles. The van der Waals surface area contributed by atoms with Crippen LogP contribution >= 0.6 is 47.8 Å². The SMILES string of the molecule is C[C@@H]1C[C@H]2C[C@@H]3N(C(=O)c4ccc(Br)cc4)[C@@H](C[C@H]4C[C@H](C)C[C@H]5[C@@H]4CCCN5C(=O)/C=C(\C(=O)c4ccc(Br)cc4)c4ccc(Br)cc4)CC[C@]3(O)[C@H]3C[C@H]2[C@H](C1)N(C)C3. The van der Waals surface area contributed by atoms with E-state index >= 15 is 4.79 Å². The number of aliphatic hydroxyl groups is 1. The summed E-state index contributed by atoms with van der Waals surface area (Å²) in [6.07, 6.45) is 12.3. The van der Waals surface area contributed by atoms with E-state index in [-0.39, 0.29) is 41.6 Å². The molecule has 3 aromatic carbocycles. The van der Waals surface area contributed by atoms with Crippen molar-refractivity contribution in [2.75, 3.05) is 20.1 Å². The van der Waals surface area contributed by atoms with Gasteiger partial charge in [0.05, 0.1) is 11.6 Å². The molecule has 6 aliphatic rings. The van der Waals surface area contributed by atoms with Crippen molar-refractivity contribution in [3.63, 3.8) is 0 Å². The van der Waals surface area contributed by atoms with Crippen LogP contribution in [0.3, 0.4) is 0 Å². The van der Waals surface area contributed by atoms with E-state index in [1.54, 1.807) is 18.2 Å². The van der Waals surface area contributed by atoms with Crippen LogP contribution in [0.1, 0.15) is 111 Å². The van der Waals surface area contributed by atoms with E-state index in [1.165, 1.54) is 12.8 Å². The van der Waals surface area contributed by atoms with Gasteiger partial charge in [-0.3, -0.25) is 14.4 Å².